The van der Waals surface area contributed by atoms with E-state index in [-0.39, 0.29) is 23.5 Å². The maximum absolute atomic E-state index is 12.5. The molecule has 1 aliphatic rings. The molecule has 1 N–H and O–H groups in total. The third-order valence-corrected chi connectivity index (χ3v) is 3.54. The summed E-state index contributed by atoms with van der Waals surface area (Å²) in [7, 11) is 1.74. The summed E-state index contributed by atoms with van der Waals surface area (Å²) in [5, 5.41) is 3.37. The second-order valence-electron chi connectivity index (χ2n) is 5.03. The van der Waals surface area contributed by atoms with Gasteiger partial charge in [-0.2, -0.15) is 0 Å². The predicted octanol–water partition coefficient (Wildman–Crippen LogP) is 1.47. The van der Waals surface area contributed by atoms with E-state index in [9.17, 15) is 9.59 Å². The summed E-state index contributed by atoms with van der Waals surface area (Å²) in [6, 6.07) is 3.20. The van der Waals surface area contributed by atoms with Gasteiger partial charge in [0.2, 0.25) is 5.91 Å². The van der Waals surface area contributed by atoms with Crippen molar-refractivity contribution in [2.24, 2.45) is 0 Å². The average Bonchev–Trinajstić information content (AvgIpc) is 2.46. The highest BCUT2D eigenvalue weighted by molar-refractivity contribution is 6.29. The van der Waals surface area contributed by atoms with Crippen LogP contribution in [0, 0.1) is 0 Å². The van der Waals surface area contributed by atoms with Crippen LogP contribution in [-0.2, 0) is 4.79 Å². The zero-order valence-corrected chi connectivity index (χ0v) is 13.0. The molecule has 114 valence electrons. The summed E-state index contributed by atoms with van der Waals surface area (Å²) in [5.41, 5.74) is 0.450. The Labute approximate surface area is 129 Å². The van der Waals surface area contributed by atoms with Crippen LogP contribution in [0.1, 0.15) is 23.7 Å². The average molecular weight is 311 g/mol. The molecule has 2 rings (SSSR count). The van der Waals surface area contributed by atoms with Gasteiger partial charge in [-0.25, -0.2) is 4.98 Å². The van der Waals surface area contributed by atoms with Crippen molar-refractivity contribution < 1.29 is 9.59 Å². The summed E-state index contributed by atoms with van der Waals surface area (Å²) in [4.78, 5) is 31.5. The highest BCUT2D eigenvalue weighted by Gasteiger charge is 2.26. The Kier molecular flexibility index (Phi) is 5.01. The van der Waals surface area contributed by atoms with Crippen LogP contribution in [0.2, 0.25) is 5.15 Å². The van der Waals surface area contributed by atoms with Gasteiger partial charge in [0.15, 0.2) is 0 Å². The van der Waals surface area contributed by atoms with Gasteiger partial charge in [-0.05, 0) is 18.6 Å². The maximum Gasteiger partial charge on any atom is 0.254 e. The second kappa shape index (κ2) is 6.76. The molecule has 0 unspecified atom stereocenters. The summed E-state index contributed by atoms with van der Waals surface area (Å²) in [6.45, 7) is 3.98. The van der Waals surface area contributed by atoms with E-state index in [1.165, 1.54) is 11.0 Å². The first-order valence-electron chi connectivity index (χ1n) is 6.96. The Morgan fingerprint density at radius 3 is 2.86 bits per heavy atom. The molecule has 1 aromatic rings. The van der Waals surface area contributed by atoms with E-state index in [0.717, 1.165) is 13.0 Å². The van der Waals surface area contributed by atoms with Crippen LogP contribution in [0.25, 0.3) is 0 Å². The number of rotatable bonds is 4. The first-order chi connectivity index (χ1) is 10.0. The normalized spacial score (nSPS) is 15.3. The minimum absolute atomic E-state index is 0.0564. The van der Waals surface area contributed by atoms with Crippen molar-refractivity contribution >= 4 is 29.2 Å². The number of aromatic nitrogens is 1. The van der Waals surface area contributed by atoms with Gasteiger partial charge in [0.05, 0.1) is 0 Å². The van der Waals surface area contributed by atoms with Gasteiger partial charge in [0.1, 0.15) is 17.5 Å². The minimum Gasteiger partial charge on any atom is -0.370 e. The lowest BCUT2D eigenvalue weighted by molar-refractivity contribution is -0.133. The maximum atomic E-state index is 12.5. The molecule has 0 aliphatic carbocycles. The third-order valence-electron chi connectivity index (χ3n) is 3.34. The van der Waals surface area contributed by atoms with Crippen LogP contribution in [0.5, 0.6) is 0 Å². The summed E-state index contributed by atoms with van der Waals surface area (Å²) >= 11 is 5.97. The van der Waals surface area contributed by atoms with Gasteiger partial charge in [0.25, 0.3) is 5.91 Å². The van der Waals surface area contributed by atoms with Gasteiger partial charge in [0, 0.05) is 32.2 Å². The summed E-state index contributed by atoms with van der Waals surface area (Å²) in [5.74, 6) is 0.326. The van der Waals surface area contributed by atoms with Crippen molar-refractivity contribution in [2.75, 3.05) is 38.5 Å². The third kappa shape index (κ3) is 3.85. The number of halogens is 1. The fourth-order valence-corrected chi connectivity index (χ4v) is 2.29. The van der Waals surface area contributed by atoms with E-state index in [0.29, 0.717) is 24.5 Å². The Morgan fingerprint density at radius 2 is 2.19 bits per heavy atom. The molecule has 0 spiro atoms. The van der Waals surface area contributed by atoms with Gasteiger partial charge in [-0.3, -0.25) is 9.59 Å². The van der Waals surface area contributed by atoms with E-state index in [1.807, 2.05) is 6.92 Å². The van der Waals surface area contributed by atoms with Crippen molar-refractivity contribution in [3.8, 4) is 0 Å². The van der Waals surface area contributed by atoms with E-state index in [2.05, 4.69) is 10.3 Å². The van der Waals surface area contributed by atoms with Crippen molar-refractivity contribution in [3.63, 3.8) is 0 Å². The molecule has 7 heteroatoms. The number of carbonyl (C=O) groups excluding carboxylic acids is 2. The zero-order valence-electron chi connectivity index (χ0n) is 12.2. The van der Waals surface area contributed by atoms with Crippen LogP contribution >= 0.6 is 11.6 Å². The van der Waals surface area contributed by atoms with Gasteiger partial charge >= 0.3 is 0 Å². The molecule has 0 radical (unpaired) electrons. The molecule has 0 atom stereocenters. The predicted molar refractivity (Wildman–Crippen MR) is 81.6 cm³/mol. The molecule has 0 bridgehead atoms. The van der Waals surface area contributed by atoms with Crippen molar-refractivity contribution in [1.29, 1.82) is 0 Å². The van der Waals surface area contributed by atoms with Crippen LogP contribution in [0.15, 0.2) is 12.1 Å². The summed E-state index contributed by atoms with van der Waals surface area (Å²) in [6.07, 6.45) is 0.949. The number of carbonyl (C=O) groups is 2. The Balaban J connectivity index is 2.15. The lowest BCUT2D eigenvalue weighted by atomic mass is 10.2. The summed E-state index contributed by atoms with van der Waals surface area (Å²) < 4.78 is 0. The van der Waals surface area contributed by atoms with E-state index < -0.39 is 0 Å². The SMILES string of the molecule is CCCNc1cc(C(=O)N2CCN(C)C(=O)C2)cc(Cl)n1. The second-order valence-corrected chi connectivity index (χ2v) is 5.42. The first-order valence-corrected chi connectivity index (χ1v) is 7.33. The lowest BCUT2D eigenvalue weighted by Gasteiger charge is -2.32. The highest BCUT2D eigenvalue weighted by Crippen LogP contribution is 2.17. The van der Waals surface area contributed by atoms with Crippen molar-refractivity contribution in [2.45, 2.75) is 13.3 Å². The van der Waals surface area contributed by atoms with Gasteiger partial charge in [-0.15, -0.1) is 0 Å². The number of hydrogen-bond acceptors (Lipinski definition) is 4. The number of anilines is 1. The topological polar surface area (TPSA) is 65.5 Å². The van der Waals surface area contributed by atoms with Crippen molar-refractivity contribution in [3.05, 3.63) is 22.8 Å². The standard InChI is InChI=1S/C14H19ClN4O2/c1-3-4-16-12-8-10(7-11(15)17-12)14(21)19-6-5-18(2)13(20)9-19/h7-8H,3-6,9H2,1-2H3,(H,16,17). The van der Waals surface area contributed by atoms with Crippen LogP contribution in [-0.4, -0.2) is 59.8 Å². The monoisotopic (exact) mass is 310 g/mol. The molecule has 1 fully saturated rings. The largest absolute Gasteiger partial charge is 0.370 e. The van der Waals surface area contributed by atoms with Crippen LogP contribution < -0.4 is 5.32 Å². The highest BCUT2D eigenvalue weighted by atomic mass is 35.5. The number of pyridine rings is 1. The number of amides is 2. The van der Waals surface area contributed by atoms with Gasteiger partial charge < -0.3 is 15.1 Å². The molecule has 1 saturated heterocycles. The molecule has 6 nitrogen and oxygen atoms in total. The fourth-order valence-electron chi connectivity index (χ4n) is 2.08. The number of piperazine rings is 1. The molecule has 1 aliphatic heterocycles. The smallest absolute Gasteiger partial charge is 0.254 e. The molecule has 21 heavy (non-hydrogen) atoms. The quantitative estimate of drug-likeness (QED) is 0.855. The van der Waals surface area contributed by atoms with E-state index in [4.69, 9.17) is 11.6 Å². The molecule has 0 aromatic carbocycles. The van der Waals surface area contributed by atoms with Crippen molar-refractivity contribution in [1.82, 2.24) is 14.8 Å². The van der Waals surface area contributed by atoms with E-state index in [1.54, 1.807) is 18.0 Å². The zero-order chi connectivity index (χ0) is 15.4. The molecule has 2 amide bonds. The molecule has 2 heterocycles. The first kappa shape index (κ1) is 15.6. The Morgan fingerprint density at radius 1 is 1.43 bits per heavy atom. The Hall–Kier alpha value is -1.82. The Bertz CT molecular complexity index is 550. The van der Waals surface area contributed by atoms with Crippen LogP contribution in [0.4, 0.5) is 5.82 Å². The molecule has 0 saturated carbocycles. The number of likely N-dealkylation sites (N-methyl/N-ethyl adjacent to an activating group) is 1. The van der Waals surface area contributed by atoms with Gasteiger partial charge in [-0.1, -0.05) is 18.5 Å². The minimum atomic E-state index is -0.194. The number of nitrogens with one attached hydrogen (secondary N) is 1. The van der Waals surface area contributed by atoms with Crippen LogP contribution in [0.3, 0.4) is 0 Å². The lowest BCUT2D eigenvalue weighted by Crippen LogP contribution is -2.50. The number of hydrogen-bond donors (Lipinski definition) is 1. The molecule has 1 aromatic heterocycles. The molecular weight excluding hydrogens is 292 g/mol. The fraction of sp³-hybridized carbons (Fsp3) is 0.500. The molecular formula is C14H19ClN4O2. The van der Waals surface area contributed by atoms with E-state index >= 15 is 0 Å². The number of nitrogens with zero attached hydrogens (tertiary/aromatic N) is 3.